The second-order valence-electron chi connectivity index (χ2n) is 5.76. The van der Waals surface area contributed by atoms with E-state index < -0.39 is 16.7 Å². The fraction of sp³-hybridized carbons (Fsp3) is 0.562. The standard InChI is InChI=1S/C16H26N2O4S/c1-4-17(5-2)14-10-13(16(19)20)11-15(12(14)3)18-8-6-7-9-23(18,21)22/h10-11,21-22H,4-9H2,1-3H3,(H,19,20). The maximum Gasteiger partial charge on any atom is 0.335 e. The smallest absolute Gasteiger partial charge is 0.335 e. The van der Waals surface area contributed by atoms with Gasteiger partial charge in [0, 0.05) is 25.3 Å². The second-order valence-corrected chi connectivity index (χ2v) is 7.88. The first-order valence-corrected chi connectivity index (χ1v) is 9.65. The molecule has 1 aliphatic heterocycles. The molecule has 7 heteroatoms. The number of benzene rings is 1. The van der Waals surface area contributed by atoms with Gasteiger partial charge in [0.15, 0.2) is 0 Å². The van der Waals surface area contributed by atoms with Crippen molar-refractivity contribution >= 4 is 28.1 Å². The molecule has 1 heterocycles. The van der Waals surface area contributed by atoms with Crippen molar-refractivity contribution in [3.05, 3.63) is 23.3 Å². The van der Waals surface area contributed by atoms with Crippen LogP contribution in [0.4, 0.5) is 11.4 Å². The summed E-state index contributed by atoms with van der Waals surface area (Å²) in [5.74, 6) is -0.669. The number of carboxylic acids is 1. The lowest BCUT2D eigenvalue weighted by atomic mass is 10.1. The molecule has 0 bridgehead atoms. The summed E-state index contributed by atoms with van der Waals surface area (Å²) in [5.41, 5.74) is 2.52. The first-order chi connectivity index (χ1) is 10.8. The summed E-state index contributed by atoms with van der Waals surface area (Å²) in [4.78, 5) is 13.6. The number of carbonyl (C=O) groups is 1. The molecule has 23 heavy (non-hydrogen) atoms. The van der Waals surface area contributed by atoms with Crippen molar-refractivity contribution < 1.29 is 19.0 Å². The average Bonchev–Trinajstić information content (AvgIpc) is 2.50. The molecule has 1 saturated heterocycles. The normalized spacial score (nSPS) is 18.6. The molecule has 2 rings (SSSR count). The Kier molecular flexibility index (Phi) is 5.44. The first-order valence-electron chi connectivity index (χ1n) is 7.98. The fourth-order valence-corrected chi connectivity index (χ4v) is 4.78. The maximum atomic E-state index is 11.5. The summed E-state index contributed by atoms with van der Waals surface area (Å²) < 4.78 is 22.4. The Morgan fingerprint density at radius 1 is 1.26 bits per heavy atom. The number of rotatable bonds is 5. The van der Waals surface area contributed by atoms with Crippen LogP contribution >= 0.6 is 10.8 Å². The van der Waals surface area contributed by atoms with Crippen molar-refractivity contribution in [3.63, 3.8) is 0 Å². The maximum absolute atomic E-state index is 11.5. The molecule has 6 nitrogen and oxygen atoms in total. The molecule has 0 saturated carbocycles. The van der Waals surface area contributed by atoms with Crippen LogP contribution in [0, 0.1) is 6.92 Å². The van der Waals surface area contributed by atoms with Gasteiger partial charge in [0.1, 0.15) is 0 Å². The Hall–Kier alpha value is -1.44. The molecule has 0 radical (unpaired) electrons. The van der Waals surface area contributed by atoms with Gasteiger partial charge in [-0.3, -0.25) is 13.4 Å². The van der Waals surface area contributed by atoms with Crippen LogP contribution in [-0.2, 0) is 0 Å². The quantitative estimate of drug-likeness (QED) is 0.755. The predicted molar refractivity (Wildman–Crippen MR) is 96.0 cm³/mol. The largest absolute Gasteiger partial charge is 0.478 e. The van der Waals surface area contributed by atoms with Gasteiger partial charge in [-0.25, -0.2) is 4.79 Å². The summed E-state index contributed by atoms with van der Waals surface area (Å²) in [6.45, 7) is 8.00. The van der Waals surface area contributed by atoms with Gasteiger partial charge < -0.3 is 10.0 Å². The van der Waals surface area contributed by atoms with Crippen LogP contribution in [0.2, 0.25) is 0 Å². The molecule has 1 aromatic carbocycles. The molecule has 0 aliphatic carbocycles. The van der Waals surface area contributed by atoms with Gasteiger partial charge in [-0.05, 0) is 51.3 Å². The minimum atomic E-state index is -2.88. The molecule has 0 amide bonds. The number of anilines is 2. The number of hydrogen-bond donors (Lipinski definition) is 3. The lowest BCUT2D eigenvalue weighted by molar-refractivity contribution is 0.0697. The highest BCUT2D eigenvalue weighted by Gasteiger charge is 2.29. The average molecular weight is 342 g/mol. The molecule has 1 aliphatic rings. The molecule has 130 valence electrons. The van der Waals surface area contributed by atoms with E-state index in [4.69, 9.17) is 0 Å². The van der Waals surface area contributed by atoms with E-state index in [2.05, 4.69) is 4.90 Å². The van der Waals surface area contributed by atoms with Gasteiger partial charge in [-0.15, -0.1) is 10.8 Å². The minimum Gasteiger partial charge on any atom is -0.478 e. The Labute approximate surface area is 139 Å². The van der Waals surface area contributed by atoms with Crippen LogP contribution in [0.5, 0.6) is 0 Å². The topological polar surface area (TPSA) is 84.2 Å². The van der Waals surface area contributed by atoms with E-state index in [1.54, 1.807) is 16.4 Å². The highest BCUT2D eigenvalue weighted by molar-refractivity contribution is 8.25. The van der Waals surface area contributed by atoms with Crippen molar-refractivity contribution in [1.29, 1.82) is 0 Å². The first kappa shape index (κ1) is 17.9. The molecule has 0 aromatic heterocycles. The van der Waals surface area contributed by atoms with E-state index in [1.807, 2.05) is 20.8 Å². The van der Waals surface area contributed by atoms with Crippen molar-refractivity contribution in [2.24, 2.45) is 0 Å². The Morgan fingerprint density at radius 2 is 1.91 bits per heavy atom. The summed E-state index contributed by atoms with van der Waals surface area (Å²) in [6.07, 6.45) is 1.65. The van der Waals surface area contributed by atoms with Gasteiger partial charge >= 0.3 is 5.97 Å². The molecule has 0 spiro atoms. The van der Waals surface area contributed by atoms with Crippen LogP contribution in [0.3, 0.4) is 0 Å². The second kappa shape index (κ2) is 6.98. The van der Waals surface area contributed by atoms with Gasteiger partial charge in [0.2, 0.25) is 0 Å². The van der Waals surface area contributed by atoms with E-state index in [1.165, 1.54) is 0 Å². The third kappa shape index (κ3) is 3.57. The van der Waals surface area contributed by atoms with E-state index in [9.17, 15) is 19.0 Å². The van der Waals surface area contributed by atoms with Crippen molar-refractivity contribution in [1.82, 2.24) is 0 Å². The van der Waals surface area contributed by atoms with Crippen molar-refractivity contribution in [2.45, 2.75) is 33.6 Å². The molecule has 0 unspecified atom stereocenters. The van der Waals surface area contributed by atoms with Crippen LogP contribution in [0.25, 0.3) is 0 Å². The molecule has 0 atom stereocenters. The van der Waals surface area contributed by atoms with Crippen LogP contribution in [0.1, 0.15) is 42.6 Å². The molecule has 3 N–H and O–H groups in total. The third-order valence-corrected chi connectivity index (χ3v) is 6.28. The number of carboxylic acid groups (broad SMARTS) is 1. The summed E-state index contributed by atoms with van der Waals surface area (Å²) in [5, 5.41) is 9.43. The number of hydrogen-bond acceptors (Lipinski definition) is 5. The third-order valence-electron chi connectivity index (χ3n) is 4.35. The van der Waals surface area contributed by atoms with Crippen LogP contribution in [0.15, 0.2) is 12.1 Å². The van der Waals surface area contributed by atoms with Crippen LogP contribution in [-0.4, -0.2) is 45.6 Å². The van der Waals surface area contributed by atoms with E-state index >= 15 is 0 Å². The van der Waals surface area contributed by atoms with Crippen LogP contribution < -0.4 is 9.21 Å². The van der Waals surface area contributed by atoms with Gasteiger partial charge in [-0.2, -0.15) is 0 Å². The molecular weight excluding hydrogens is 316 g/mol. The lowest BCUT2D eigenvalue weighted by Gasteiger charge is -2.48. The zero-order chi connectivity index (χ0) is 17.2. The Morgan fingerprint density at radius 3 is 2.43 bits per heavy atom. The Balaban J connectivity index is 2.60. The Bertz CT molecular complexity index is 588. The van der Waals surface area contributed by atoms with Gasteiger partial charge in [0.25, 0.3) is 0 Å². The number of nitrogens with zero attached hydrogens (tertiary/aromatic N) is 2. The minimum absolute atomic E-state index is 0.174. The summed E-state index contributed by atoms with van der Waals surface area (Å²) in [7, 11) is -2.88. The zero-order valence-electron chi connectivity index (χ0n) is 13.9. The SMILES string of the molecule is CCN(CC)c1cc(C(=O)O)cc(N2CCCCS2(O)O)c1C. The molecule has 1 fully saturated rings. The van der Waals surface area contributed by atoms with E-state index in [0.717, 1.165) is 37.2 Å². The molecule has 1 aromatic rings. The summed E-state index contributed by atoms with van der Waals surface area (Å²) >= 11 is 0. The van der Waals surface area contributed by atoms with E-state index in [0.29, 0.717) is 18.0 Å². The monoisotopic (exact) mass is 342 g/mol. The van der Waals surface area contributed by atoms with Gasteiger partial charge in [-0.1, -0.05) is 0 Å². The zero-order valence-corrected chi connectivity index (χ0v) is 14.8. The number of aromatic carboxylic acids is 1. The highest BCUT2D eigenvalue weighted by Crippen LogP contribution is 2.51. The lowest BCUT2D eigenvalue weighted by Crippen LogP contribution is -2.35. The summed E-state index contributed by atoms with van der Waals surface area (Å²) in [6, 6.07) is 3.23. The van der Waals surface area contributed by atoms with Gasteiger partial charge in [0.05, 0.1) is 17.0 Å². The predicted octanol–water partition coefficient (Wildman–Crippen LogP) is 3.81. The van der Waals surface area contributed by atoms with E-state index in [-0.39, 0.29) is 5.56 Å². The fourth-order valence-electron chi connectivity index (χ4n) is 3.04. The molecular formula is C16H26N2O4S. The van der Waals surface area contributed by atoms with Crippen molar-refractivity contribution in [3.8, 4) is 0 Å². The highest BCUT2D eigenvalue weighted by atomic mass is 32.3. The van der Waals surface area contributed by atoms with Crippen molar-refractivity contribution in [2.75, 3.05) is 34.6 Å².